The number of anilines is 1. The van der Waals surface area contributed by atoms with E-state index in [1.54, 1.807) is 6.20 Å². The zero-order valence-electron chi connectivity index (χ0n) is 11.1. The second-order valence-electron chi connectivity index (χ2n) is 5.57. The molecule has 0 saturated heterocycles. The van der Waals surface area contributed by atoms with E-state index in [1.807, 2.05) is 24.3 Å². The second kappa shape index (κ2) is 4.55. The Balaban J connectivity index is 2.12. The average molecular weight is 251 g/mol. The molecule has 0 unspecified atom stereocenters. The molecule has 0 radical (unpaired) electrons. The fourth-order valence-corrected chi connectivity index (χ4v) is 2.94. The fourth-order valence-electron chi connectivity index (χ4n) is 2.94. The first-order valence-corrected chi connectivity index (χ1v) is 6.78. The summed E-state index contributed by atoms with van der Waals surface area (Å²) in [5.41, 5.74) is 2.62. The zero-order chi connectivity index (χ0) is 13.3. The Morgan fingerprint density at radius 2 is 2.00 bits per heavy atom. The first-order valence-electron chi connectivity index (χ1n) is 6.78. The van der Waals surface area contributed by atoms with Crippen LogP contribution >= 0.6 is 0 Å². The van der Waals surface area contributed by atoms with E-state index in [4.69, 9.17) is 0 Å². The molecule has 19 heavy (non-hydrogen) atoms. The highest BCUT2D eigenvalue weighted by Gasteiger charge is 2.29. The summed E-state index contributed by atoms with van der Waals surface area (Å²) in [4.78, 5) is 4.35. The SMILES string of the molecule is CC1(Nc2c(C#N)cnc3ccccc23)CCCC1. The van der Waals surface area contributed by atoms with Gasteiger partial charge in [-0.15, -0.1) is 0 Å². The van der Waals surface area contributed by atoms with Crippen LogP contribution in [0.4, 0.5) is 5.69 Å². The number of fused-ring (bicyclic) bond motifs is 1. The summed E-state index contributed by atoms with van der Waals surface area (Å²) >= 11 is 0. The van der Waals surface area contributed by atoms with E-state index in [0.29, 0.717) is 5.56 Å². The lowest BCUT2D eigenvalue weighted by Crippen LogP contribution is -2.31. The summed E-state index contributed by atoms with van der Waals surface area (Å²) in [6.45, 7) is 2.25. The highest BCUT2D eigenvalue weighted by atomic mass is 15.0. The lowest BCUT2D eigenvalue weighted by atomic mass is 9.98. The van der Waals surface area contributed by atoms with Gasteiger partial charge >= 0.3 is 0 Å². The summed E-state index contributed by atoms with van der Waals surface area (Å²) in [6, 6.07) is 10.2. The molecule has 0 bridgehead atoms. The number of para-hydroxylation sites is 1. The van der Waals surface area contributed by atoms with Crippen LogP contribution < -0.4 is 5.32 Å². The predicted octanol–water partition coefficient (Wildman–Crippen LogP) is 3.85. The quantitative estimate of drug-likeness (QED) is 0.881. The smallest absolute Gasteiger partial charge is 0.103 e. The largest absolute Gasteiger partial charge is 0.378 e. The van der Waals surface area contributed by atoms with Crippen LogP contribution in [0.25, 0.3) is 10.9 Å². The first-order chi connectivity index (χ1) is 9.22. The van der Waals surface area contributed by atoms with Crippen molar-refractivity contribution in [2.24, 2.45) is 0 Å². The number of nitrogens with zero attached hydrogens (tertiary/aromatic N) is 2. The molecule has 1 aromatic heterocycles. The van der Waals surface area contributed by atoms with Crippen LogP contribution in [0.1, 0.15) is 38.2 Å². The monoisotopic (exact) mass is 251 g/mol. The molecule has 1 fully saturated rings. The standard InChI is InChI=1S/C16H17N3/c1-16(8-4-5-9-16)19-15-12(10-17)11-18-14-7-3-2-6-13(14)15/h2-3,6-7,11H,4-5,8-9H2,1H3,(H,18,19). The van der Waals surface area contributed by atoms with Gasteiger partial charge in [0.2, 0.25) is 0 Å². The number of aromatic nitrogens is 1. The Morgan fingerprint density at radius 3 is 2.74 bits per heavy atom. The molecule has 1 aromatic carbocycles. The van der Waals surface area contributed by atoms with Crippen LogP contribution in [0.3, 0.4) is 0 Å². The minimum atomic E-state index is 0.107. The van der Waals surface area contributed by atoms with Gasteiger partial charge in [-0.3, -0.25) is 4.98 Å². The van der Waals surface area contributed by atoms with E-state index in [2.05, 4.69) is 23.3 Å². The van der Waals surface area contributed by atoms with Crippen LogP contribution in [0.15, 0.2) is 30.5 Å². The van der Waals surface area contributed by atoms with Gasteiger partial charge in [0.15, 0.2) is 0 Å². The van der Waals surface area contributed by atoms with Gasteiger partial charge < -0.3 is 5.32 Å². The molecule has 1 saturated carbocycles. The van der Waals surface area contributed by atoms with Gasteiger partial charge in [0.05, 0.1) is 16.8 Å². The van der Waals surface area contributed by atoms with E-state index in [1.165, 1.54) is 12.8 Å². The van der Waals surface area contributed by atoms with Crippen molar-refractivity contribution < 1.29 is 0 Å². The maximum absolute atomic E-state index is 9.31. The van der Waals surface area contributed by atoms with E-state index < -0.39 is 0 Å². The van der Waals surface area contributed by atoms with Gasteiger partial charge in [-0.1, -0.05) is 31.0 Å². The van der Waals surface area contributed by atoms with Gasteiger partial charge in [0.1, 0.15) is 6.07 Å². The Morgan fingerprint density at radius 1 is 1.26 bits per heavy atom. The summed E-state index contributed by atoms with van der Waals surface area (Å²) < 4.78 is 0. The Kier molecular flexibility index (Phi) is 2.87. The minimum Gasteiger partial charge on any atom is -0.378 e. The highest BCUT2D eigenvalue weighted by Crippen LogP contribution is 2.35. The molecule has 0 amide bonds. The molecule has 0 atom stereocenters. The lowest BCUT2D eigenvalue weighted by molar-refractivity contribution is 0.534. The van der Waals surface area contributed by atoms with Crippen LogP contribution in [0.2, 0.25) is 0 Å². The van der Waals surface area contributed by atoms with Gasteiger partial charge in [0, 0.05) is 17.1 Å². The summed E-state index contributed by atoms with van der Waals surface area (Å²) in [7, 11) is 0. The van der Waals surface area contributed by atoms with E-state index in [0.717, 1.165) is 29.4 Å². The molecule has 3 heteroatoms. The molecule has 1 N–H and O–H groups in total. The maximum Gasteiger partial charge on any atom is 0.103 e. The molecule has 96 valence electrons. The third-order valence-electron chi connectivity index (χ3n) is 4.03. The molecule has 3 nitrogen and oxygen atoms in total. The molecule has 3 rings (SSSR count). The maximum atomic E-state index is 9.31. The molecule has 1 heterocycles. The third kappa shape index (κ3) is 2.15. The van der Waals surface area contributed by atoms with E-state index in [9.17, 15) is 5.26 Å². The van der Waals surface area contributed by atoms with Crippen LogP contribution in [-0.4, -0.2) is 10.5 Å². The van der Waals surface area contributed by atoms with Crippen molar-refractivity contribution in [3.05, 3.63) is 36.0 Å². The predicted molar refractivity (Wildman–Crippen MR) is 77.0 cm³/mol. The summed E-state index contributed by atoms with van der Waals surface area (Å²) in [5, 5.41) is 14.0. The molecule has 0 aliphatic heterocycles. The molecular weight excluding hydrogens is 234 g/mol. The van der Waals surface area contributed by atoms with Gasteiger partial charge in [-0.25, -0.2) is 0 Å². The van der Waals surface area contributed by atoms with Gasteiger partial charge in [0.25, 0.3) is 0 Å². The molecule has 1 aliphatic rings. The van der Waals surface area contributed by atoms with Crippen molar-refractivity contribution in [2.45, 2.75) is 38.1 Å². The van der Waals surface area contributed by atoms with Crippen molar-refractivity contribution in [2.75, 3.05) is 5.32 Å². The van der Waals surface area contributed by atoms with Crippen LogP contribution in [-0.2, 0) is 0 Å². The Labute approximate surface area is 113 Å². The highest BCUT2D eigenvalue weighted by molar-refractivity contribution is 5.94. The van der Waals surface area contributed by atoms with Crippen molar-refractivity contribution in [3.63, 3.8) is 0 Å². The normalized spacial score (nSPS) is 17.3. The van der Waals surface area contributed by atoms with Crippen LogP contribution in [0.5, 0.6) is 0 Å². The summed E-state index contributed by atoms with van der Waals surface area (Å²) in [5.74, 6) is 0. The Hall–Kier alpha value is -2.08. The van der Waals surface area contributed by atoms with Gasteiger partial charge in [-0.05, 0) is 25.8 Å². The topological polar surface area (TPSA) is 48.7 Å². The number of benzene rings is 1. The minimum absolute atomic E-state index is 0.107. The molecule has 2 aromatic rings. The molecular formula is C16H17N3. The number of nitrogens with one attached hydrogen (secondary N) is 1. The van der Waals surface area contributed by atoms with E-state index >= 15 is 0 Å². The number of nitriles is 1. The van der Waals surface area contributed by atoms with Crippen molar-refractivity contribution >= 4 is 16.6 Å². The van der Waals surface area contributed by atoms with Crippen molar-refractivity contribution in [3.8, 4) is 6.07 Å². The molecule has 1 aliphatic carbocycles. The lowest BCUT2D eigenvalue weighted by Gasteiger charge is -2.28. The Bertz CT molecular complexity index is 649. The number of hydrogen-bond donors (Lipinski definition) is 1. The number of hydrogen-bond acceptors (Lipinski definition) is 3. The van der Waals surface area contributed by atoms with Crippen LogP contribution in [0, 0.1) is 11.3 Å². The zero-order valence-corrected chi connectivity index (χ0v) is 11.1. The number of pyridine rings is 1. The molecule has 0 spiro atoms. The fraction of sp³-hybridized carbons (Fsp3) is 0.375. The average Bonchev–Trinajstić information content (AvgIpc) is 2.86. The third-order valence-corrected chi connectivity index (χ3v) is 4.03. The number of rotatable bonds is 2. The first kappa shape index (κ1) is 12.0. The van der Waals surface area contributed by atoms with Crippen molar-refractivity contribution in [1.29, 1.82) is 5.26 Å². The van der Waals surface area contributed by atoms with Crippen molar-refractivity contribution in [1.82, 2.24) is 4.98 Å². The second-order valence-corrected chi connectivity index (χ2v) is 5.57. The summed E-state index contributed by atoms with van der Waals surface area (Å²) in [6.07, 6.45) is 6.51. The van der Waals surface area contributed by atoms with E-state index in [-0.39, 0.29) is 5.54 Å². The van der Waals surface area contributed by atoms with Gasteiger partial charge in [-0.2, -0.15) is 5.26 Å².